The van der Waals surface area contributed by atoms with Crippen molar-refractivity contribution < 1.29 is 19.1 Å². The number of fused-ring (bicyclic) bond motifs is 1. The Balaban J connectivity index is 1.89. The van der Waals surface area contributed by atoms with E-state index in [9.17, 15) is 9.59 Å². The molecule has 0 bridgehead atoms. The summed E-state index contributed by atoms with van der Waals surface area (Å²) >= 11 is 0. The number of nitrogens with zero attached hydrogens (tertiary/aromatic N) is 2. The predicted molar refractivity (Wildman–Crippen MR) is 85.1 cm³/mol. The Bertz CT molecular complexity index is 592. The number of amides is 2. The fraction of sp³-hybridized carbons (Fsp3) is 0.529. The Morgan fingerprint density at radius 1 is 1.39 bits per heavy atom. The first-order chi connectivity index (χ1) is 11.0. The standard InChI is InChI=1S/C17H22N2O4/c1-17-8-9-18(15(20)11-22-2)10-14(17)19(16(21)12-23-17)13-6-4-3-5-7-13/h3-7,14H,8-12H2,1-2H3/t14-,17-/m1/s1. The van der Waals surface area contributed by atoms with Crippen molar-refractivity contribution in [2.45, 2.75) is 25.0 Å². The van der Waals surface area contributed by atoms with Crippen LogP contribution in [-0.2, 0) is 19.1 Å². The van der Waals surface area contributed by atoms with E-state index in [4.69, 9.17) is 9.47 Å². The van der Waals surface area contributed by atoms with Crippen LogP contribution in [0, 0.1) is 0 Å². The summed E-state index contributed by atoms with van der Waals surface area (Å²) in [4.78, 5) is 28.2. The average Bonchev–Trinajstić information content (AvgIpc) is 2.56. The van der Waals surface area contributed by atoms with Crippen molar-refractivity contribution in [1.29, 1.82) is 0 Å². The highest BCUT2D eigenvalue weighted by Gasteiger charge is 2.49. The lowest BCUT2D eigenvalue weighted by Crippen LogP contribution is -2.68. The second kappa shape index (κ2) is 6.29. The third-order valence-electron chi connectivity index (χ3n) is 4.74. The Labute approximate surface area is 136 Å². The van der Waals surface area contributed by atoms with E-state index in [1.807, 2.05) is 37.3 Å². The zero-order chi connectivity index (χ0) is 16.4. The molecule has 6 nitrogen and oxygen atoms in total. The molecule has 1 aromatic rings. The maximum atomic E-state index is 12.5. The van der Waals surface area contributed by atoms with Gasteiger partial charge in [0.05, 0.1) is 11.6 Å². The SMILES string of the molecule is COCC(=O)N1CC[C@@]2(C)OCC(=O)N(c3ccccc3)[C@@H]2C1. The maximum absolute atomic E-state index is 12.5. The number of ether oxygens (including phenoxy) is 2. The largest absolute Gasteiger partial charge is 0.375 e. The van der Waals surface area contributed by atoms with Gasteiger partial charge in [0.2, 0.25) is 5.91 Å². The van der Waals surface area contributed by atoms with Crippen molar-refractivity contribution in [3.8, 4) is 0 Å². The predicted octanol–water partition coefficient (Wildman–Crippen LogP) is 1.06. The molecule has 0 aromatic heterocycles. The molecule has 2 fully saturated rings. The van der Waals surface area contributed by atoms with Gasteiger partial charge < -0.3 is 19.3 Å². The number of anilines is 1. The van der Waals surface area contributed by atoms with Gasteiger partial charge in [0.15, 0.2) is 0 Å². The lowest BCUT2D eigenvalue weighted by Gasteiger charge is -2.52. The van der Waals surface area contributed by atoms with Crippen LogP contribution in [0.3, 0.4) is 0 Å². The number of para-hydroxylation sites is 1. The average molecular weight is 318 g/mol. The van der Waals surface area contributed by atoms with Gasteiger partial charge in [-0.15, -0.1) is 0 Å². The molecule has 124 valence electrons. The van der Waals surface area contributed by atoms with Gasteiger partial charge in [-0.05, 0) is 25.5 Å². The normalized spacial score (nSPS) is 27.7. The number of likely N-dealkylation sites (tertiary alicyclic amines) is 1. The quantitative estimate of drug-likeness (QED) is 0.836. The number of hydrogen-bond acceptors (Lipinski definition) is 4. The van der Waals surface area contributed by atoms with Gasteiger partial charge in [-0.25, -0.2) is 0 Å². The summed E-state index contributed by atoms with van der Waals surface area (Å²) in [6.07, 6.45) is 0.698. The summed E-state index contributed by atoms with van der Waals surface area (Å²) in [6.45, 7) is 3.24. The molecule has 6 heteroatoms. The van der Waals surface area contributed by atoms with E-state index < -0.39 is 5.60 Å². The summed E-state index contributed by atoms with van der Waals surface area (Å²) in [6, 6.07) is 9.38. The van der Waals surface area contributed by atoms with Crippen LogP contribution in [0.15, 0.2) is 30.3 Å². The summed E-state index contributed by atoms with van der Waals surface area (Å²) in [7, 11) is 1.51. The van der Waals surface area contributed by atoms with Crippen molar-refractivity contribution in [2.24, 2.45) is 0 Å². The molecular formula is C17H22N2O4. The van der Waals surface area contributed by atoms with Crippen LogP contribution in [0.5, 0.6) is 0 Å². The minimum Gasteiger partial charge on any atom is -0.375 e. The summed E-state index contributed by atoms with van der Waals surface area (Å²) in [5, 5.41) is 0. The molecule has 2 heterocycles. The Hall–Kier alpha value is -1.92. The molecule has 2 saturated heterocycles. The first-order valence-electron chi connectivity index (χ1n) is 7.83. The van der Waals surface area contributed by atoms with Gasteiger partial charge in [-0.3, -0.25) is 9.59 Å². The van der Waals surface area contributed by atoms with E-state index in [-0.39, 0.29) is 31.1 Å². The fourth-order valence-electron chi connectivity index (χ4n) is 3.36. The molecule has 2 amide bonds. The Morgan fingerprint density at radius 2 is 2.13 bits per heavy atom. The highest BCUT2D eigenvalue weighted by atomic mass is 16.5. The molecule has 0 N–H and O–H groups in total. The summed E-state index contributed by atoms with van der Waals surface area (Å²) < 4.78 is 10.8. The van der Waals surface area contributed by atoms with Gasteiger partial charge in [-0.1, -0.05) is 18.2 Å². The minimum atomic E-state index is -0.437. The van der Waals surface area contributed by atoms with Crippen molar-refractivity contribution in [3.05, 3.63) is 30.3 Å². The molecule has 1 aromatic carbocycles. The number of carbonyl (C=O) groups excluding carboxylic acids is 2. The summed E-state index contributed by atoms with van der Waals surface area (Å²) in [5.74, 6) is -0.125. The van der Waals surface area contributed by atoms with Crippen LogP contribution in [0.1, 0.15) is 13.3 Å². The Morgan fingerprint density at radius 3 is 2.83 bits per heavy atom. The third kappa shape index (κ3) is 2.96. The highest BCUT2D eigenvalue weighted by Crippen LogP contribution is 2.36. The van der Waals surface area contributed by atoms with Crippen LogP contribution < -0.4 is 4.90 Å². The van der Waals surface area contributed by atoms with Crippen molar-refractivity contribution in [3.63, 3.8) is 0 Å². The van der Waals surface area contributed by atoms with Crippen molar-refractivity contribution in [2.75, 3.05) is 38.3 Å². The van der Waals surface area contributed by atoms with Crippen LogP contribution in [0.4, 0.5) is 5.69 Å². The van der Waals surface area contributed by atoms with Crippen molar-refractivity contribution in [1.82, 2.24) is 4.90 Å². The van der Waals surface area contributed by atoms with Gasteiger partial charge in [0, 0.05) is 25.9 Å². The molecule has 3 rings (SSSR count). The van der Waals surface area contributed by atoms with E-state index >= 15 is 0 Å². The van der Waals surface area contributed by atoms with Gasteiger partial charge in [0.25, 0.3) is 5.91 Å². The number of morpholine rings is 1. The van der Waals surface area contributed by atoms with E-state index in [2.05, 4.69) is 0 Å². The minimum absolute atomic E-state index is 0.0550. The molecule has 23 heavy (non-hydrogen) atoms. The first-order valence-corrected chi connectivity index (χ1v) is 7.83. The van der Waals surface area contributed by atoms with E-state index in [1.54, 1.807) is 9.80 Å². The fourth-order valence-corrected chi connectivity index (χ4v) is 3.36. The van der Waals surface area contributed by atoms with E-state index in [1.165, 1.54) is 7.11 Å². The number of piperidine rings is 1. The molecule has 2 atom stereocenters. The lowest BCUT2D eigenvalue weighted by atomic mass is 9.85. The molecular weight excluding hydrogens is 296 g/mol. The zero-order valence-electron chi connectivity index (χ0n) is 13.5. The number of carbonyl (C=O) groups is 2. The third-order valence-corrected chi connectivity index (χ3v) is 4.74. The van der Waals surface area contributed by atoms with Gasteiger partial charge >= 0.3 is 0 Å². The second-order valence-electron chi connectivity index (χ2n) is 6.24. The van der Waals surface area contributed by atoms with Gasteiger partial charge in [-0.2, -0.15) is 0 Å². The number of methoxy groups -OCH3 is 1. The van der Waals surface area contributed by atoms with Crippen LogP contribution in [0.2, 0.25) is 0 Å². The molecule has 0 unspecified atom stereocenters. The molecule has 0 spiro atoms. The molecule has 0 aliphatic carbocycles. The topological polar surface area (TPSA) is 59.1 Å². The zero-order valence-corrected chi connectivity index (χ0v) is 13.5. The van der Waals surface area contributed by atoms with Crippen LogP contribution in [-0.4, -0.2) is 61.8 Å². The number of benzene rings is 1. The summed E-state index contributed by atoms with van der Waals surface area (Å²) in [5.41, 5.74) is 0.409. The van der Waals surface area contributed by atoms with Gasteiger partial charge in [0.1, 0.15) is 13.2 Å². The monoisotopic (exact) mass is 318 g/mol. The highest BCUT2D eigenvalue weighted by molar-refractivity contribution is 5.96. The number of rotatable bonds is 3. The van der Waals surface area contributed by atoms with Crippen molar-refractivity contribution >= 4 is 17.5 Å². The molecule has 2 aliphatic heterocycles. The van der Waals surface area contributed by atoms with Crippen LogP contribution >= 0.6 is 0 Å². The molecule has 0 radical (unpaired) electrons. The molecule has 2 aliphatic rings. The number of hydrogen-bond donors (Lipinski definition) is 0. The smallest absolute Gasteiger partial charge is 0.253 e. The first kappa shape index (κ1) is 16.0. The second-order valence-corrected chi connectivity index (χ2v) is 6.24. The maximum Gasteiger partial charge on any atom is 0.253 e. The molecule has 0 saturated carbocycles. The van der Waals surface area contributed by atoms with E-state index in [0.29, 0.717) is 19.5 Å². The van der Waals surface area contributed by atoms with Crippen LogP contribution in [0.25, 0.3) is 0 Å². The van der Waals surface area contributed by atoms with E-state index in [0.717, 1.165) is 5.69 Å². The Kier molecular flexibility index (Phi) is 4.37. The lowest BCUT2D eigenvalue weighted by molar-refractivity contribution is -0.157.